The maximum atomic E-state index is 2.42. The van der Waals surface area contributed by atoms with Gasteiger partial charge in [0, 0.05) is 53.1 Å². The van der Waals surface area contributed by atoms with Crippen LogP contribution in [0.1, 0.15) is 0 Å². The molecule has 0 saturated carbocycles. The van der Waals surface area contributed by atoms with E-state index in [-0.39, 0.29) is 0 Å². The number of para-hydroxylation sites is 3. The average Bonchev–Trinajstić information content (AvgIpc) is 4.02. The number of nitrogens with zero attached hydrogens (tertiary/aromatic N) is 2. The molecule has 0 N–H and O–H groups in total. The Hall–Kier alpha value is -7.98. The fraction of sp³-hybridized carbons (Fsp3) is 0. The zero-order chi connectivity index (χ0) is 41.4. The van der Waals surface area contributed by atoms with E-state index in [2.05, 4.69) is 240 Å². The maximum absolute atomic E-state index is 2.42. The Kier molecular flexibility index (Phi) is 8.12. The minimum absolute atomic E-state index is 1.14. The highest BCUT2D eigenvalue weighted by Crippen LogP contribution is 2.42. The van der Waals surface area contributed by atoms with Gasteiger partial charge in [0.1, 0.15) is 0 Å². The molecule has 13 aromatic rings. The van der Waals surface area contributed by atoms with Crippen molar-refractivity contribution in [2.24, 2.45) is 0 Å². The summed E-state index contributed by atoms with van der Waals surface area (Å²) < 4.78 is 7.50. The second-order valence-corrected chi connectivity index (χ2v) is 17.6. The number of thiophene rings is 1. The normalized spacial score (nSPS) is 11.8. The van der Waals surface area contributed by atoms with E-state index in [4.69, 9.17) is 0 Å². The van der Waals surface area contributed by atoms with Crippen molar-refractivity contribution >= 4 is 75.1 Å². The van der Waals surface area contributed by atoms with E-state index in [1.165, 1.54) is 108 Å². The van der Waals surface area contributed by atoms with Gasteiger partial charge in [-0.3, -0.25) is 0 Å². The molecule has 63 heavy (non-hydrogen) atoms. The molecule has 0 unspecified atom stereocenters. The van der Waals surface area contributed by atoms with Crippen LogP contribution < -0.4 is 0 Å². The first-order valence-electron chi connectivity index (χ1n) is 21.6. The molecule has 0 aliphatic rings. The van der Waals surface area contributed by atoms with Crippen molar-refractivity contribution in [1.82, 2.24) is 9.13 Å². The van der Waals surface area contributed by atoms with Gasteiger partial charge >= 0.3 is 0 Å². The highest BCUT2D eigenvalue weighted by atomic mass is 32.1. The van der Waals surface area contributed by atoms with Gasteiger partial charge in [-0.1, -0.05) is 164 Å². The molecule has 0 spiro atoms. The number of hydrogen-bond donors (Lipinski definition) is 0. The zero-order valence-electron chi connectivity index (χ0n) is 34.2. The lowest BCUT2D eigenvalue weighted by Crippen LogP contribution is -1.94. The van der Waals surface area contributed by atoms with Gasteiger partial charge in [-0.05, 0) is 111 Å². The van der Waals surface area contributed by atoms with Crippen molar-refractivity contribution in [3.05, 3.63) is 231 Å². The summed E-state index contributed by atoms with van der Waals surface area (Å²) in [4.78, 5) is 0. The van der Waals surface area contributed by atoms with Crippen molar-refractivity contribution in [1.29, 1.82) is 0 Å². The van der Waals surface area contributed by atoms with Gasteiger partial charge in [0.15, 0.2) is 0 Å². The first-order chi connectivity index (χ1) is 31.2. The Labute approximate surface area is 368 Å². The average molecular weight is 819 g/mol. The second-order valence-electron chi connectivity index (χ2n) is 16.5. The van der Waals surface area contributed by atoms with E-state index in [0.29, 0.717) is 0 Å². The molecular formula is C60H38N2S. The van der Waals surface area contributed by atoms with Crippen molar-refractivity contribution < 1.29 is 0 Å². The molecule has 3 heteroatoms. The topological polar surface area (TPSA) is 9.86 Å². The molecule has 10 aromatic carbocycles. The van der Waals surface area contributed by atoms with Gasteiger partial charge in [-0.2, -0.15) is 0 Å². The van der Waals surface area contributed by atoms with E-state index < -0.39 is 0 Å². The molecule has 0 saturated heterocycles. The summed E-state index contributed by atoms with van der Waals surface area (Å²) in [6.45, 7) is 0. The molecule has 3 heterocycles. The van der Waals surface area contributed by atoms with Crippen LogP contribution in [0.2, 0.25) is 0 Å². The summed E-state index contributed by atoms with van der Waals surface area (Å²) >= 11 is 1.86. The minimum atomic E-state index is 1.14. The van der Waals surface area contributed by atoms with E-state index in [1.807, 2.05) is 11.3 Å². The first-order valence-corrected chi connectivity index (χ1v) is 22.4. The third kappa shape index (κ3) is 5.78. The van der Waals surface area contributed by atoms with E-state index in [9.17, 15) is 0 Å². The lowest BCUT2D eigenvalue weighted by Gasteiger charge is -2.11. The highest BCUT2D eigenvalue weighted by molar-refractivity contribution is 7.25. The Morgan fingerprint density at radius 3 is 1.44 bits per heavy atom. The van der Waals surface area contributed by atoms with Crippen LogP contribution in [0.15, 0.2) is 231 Å². The van der Waals surface area contributed by atoms with Gasteiger partial charge in [-0.25, -0.2) is 0 Å². The number of aromatic nitrogens is 2. The first kappa shape index (κ1) is 35.7. The Morgan fingerprint density at radius 1 is 0.254 bits per heavy atom. The van der Waals surface area contributed by atoms with Crippen LogP contribution in [0.3, 0.4) is 0 Å². The van der Waals surface area contributed by atoms with Gasteiger partial charge in [0.2, 0.25) is 0 Å². The molecule has 0 fully saturated rings. The third-order valence-electron chi connectivity index (χ3n) is 13.0. The fourth-order valence-electron chi connectivity index (χ4n) is 9.95. The monoisotopic (exact) mass is 818 g/mol. The summed E-state index contributed by atoms with van der Waals surface area (Å²) in [6.07, 6.45) is 0. The number of rotatable bonds is 6. The summed E-state index contributed by atoms with van der Waals surface area (Å²) in [5.74, 6) is 0. The molecule has 0 aliphatic heterocycles. The van der Waals surface area contributed by atoms with Crippen molar-refractivity contribution in [2.75, 3.05) is 0 Å². The van der Waals surface area contributed by atoms with Gasteiger partial charge in [-0.15, -0.1) is 11.3 Å². The molecule has 0 amide bonds. The molecule has 2 nitrogen and oxygen atoms in total. The predicted molar refractivity (Wildman–Crippen MR) is 270 cm³/mol. The smallest absolute Gasteiger partial charge is 0.0547 e. The SMILES string of the molecule is c1ccc(-n2c3ccccc3c3ccc(-c4cccc5c4c4ccccc4n5-c4ccc(-c5ccc(-c6ccc(-c7ccc8sc9ccccc9c8c7)cc6)cc5)cc4)cc32)cc1. The summed E-state index contributed by atoms with van der Waals surface area (Å²) in [5, 5.41) is 7.70. The number of hydrogen-bond acceptors (Lipinski definition) is 1. The summed E-state index contributed by atoms with van der Waals surface area (Å²) in [7, 11) is 0. The quantitative estimate of drug-likeness (QED) is 0.158. The molecule has 0 atom stereocenters. The molecule has 3 aromatic heterocycles. The lowest BCUT2D eigenvalue weighted by atomic mass is 9.97. The second kappa shape index (κ2) is 14.3. The van der Waals surface area contributed by atoms with Gasteiger partial charge in [0.25, 0.3) is 0 Å². The van der Waals surface area contributed by atoms with Crippen molar-refractivity contribution in [2.45, 2.75) is 0 Å². The van der Waals surface area contributed by atoms with Gasteiger partial charge < -0.3 is 9.13 Å². The van der Waals surface area contributed by atoms with E-state index in [0.717, 1.165) is 11.4 Å². The zero-order valence-corrected chi connectivity index (χ0v) is 35.1. The maximum Gasteiger partial charge on any atom is 0.0547 e. The van der Waals surface area contributed by atoms with Crippen LogP contribution in [-0.4, -0.2) is 9.13 Å². The van der Waals surface area contributed by atoms with Crippen molar-refractivity contribution in [3.63, 3.8) is 0 Å². The molecule has 294 valence electrons. The van der Waals surface area contributed by atoms with Crippen LogP contribution in [0.25, 0.3) is 120 Å². The summed E-state index contributed by atoms with van der Waals surface area (Å²) in [5.41, 5.74) is 16.9. The molecule has 13 rings (SSSR count). The van der Waals surface area contributed by atoms with E-state index >= 15 is 0 Å². The largest absolute Gasteiger partial charge is 0.309 e. The molecule has 0 radical (unpaired) electrons. The van der Waals surface area contributed by atoms with Crippen LogP contribution >= 0.6 is 11.3 Å². The fourth-order valence-corrected chi connectivity index (χ4v) is 11.0. The number of benzene rings is 10. The van der Waals surface area contributed by atoms with E-state index in [1.54, 1.807) is 0 Å². The molecular weight excluding hydrogens is 781 g/mol. The van der Waals surface area contributed by atoms with Crippen LogP contribution in [0.4, 0.5) is 0 Å². The Balaban J connectivity index is 0.825. The molecule has 0 bridgehead atoms. The Morgan fingerprint density at radius 2 is 0.730 bits per heavy atom. The standard InChI is InChI=1S/C60H38N2S/c1-2-11-46(12-3-1)62-54-17-7-4-13-49(54)50-35-31-45(38-57(50)62)48-16-10-19-56-60(48)52-15-5-8-18-55(52)61(56)47-33-29-42(30-34-47)41-23-21-39(22-24-41)40-25-27-43(28-26-40)44-32-36-59-53(37-44)51-14-6-9-20-58(51)63-59/h1-38H. The predicted octanol–water partition coefficient (Wildman–Crippen LogP) is 16.9. The van der Waals surface area contributed by atoms with Crippen molar-refractivity contribution in [3.8, 4) is 55.9 Å². The number of fused-ring (bicyclic) bond motifs is 9. The lowest BCUT2D eigenvalue weighted by molar-refractivity contribution is 1.18. The third-order valence-corrected chi connectivity index (χ3v) is 14.1. The Bertz CT molecular complexity index is 3870. The van der Waals surface area contributed by atoms with Crippen LogP contribution in [0.5, 0.6) is 0 Å². The highest BCUT2D eigenvalue weighted by Gasteiger charge is 2.18. The molecule has 0 aliphatic carbocycles. The summed E-state index contributed by atoms with van der Waals surface area (Å²) in [6, 6.07) is 84.6. The van der Waals surface area contributed by atoms with Crippen LogP contribution in [0, 0.1) is 0 Å². The van der Waals surface area contributed by atoms with Crippen LogP contribution in [-0.2, 0) is 0 Å². The minimum Gasteiger partial charge on any atom is -0.309 e. The van der Waals surface area contributed by atoms with Gasteiger partial charge in [0.05, 0.1) is 22.1 Å².